The number of ether oxygens (including phenoxy) is 2. The van der Waals surface area contributed by atoms with Gasteiger partial charge in [0.15, 0.2) is 11.5 Å². The quantitative estimate of drug-likeness (QED) is 0.609. The SMILES string of the molecule is C#CCNCc1cc(Cl)c(OCCC)c(OC)c1. The molecule has 0 aromatic heterocycles. The minimum atomic E-state index is 0.522. The molecule has 1 aromatic rings. The summed E-state index contributed by atoms with van der Waals surface area (Å²) in [5.74, 6) is 3.77. The van der Waals surface area contributed by atoms with E-state index in [9.17, 15) is 0 Å². The zero-order chi connectivity index (χ0) is 13.4. The van der Waals surface area contributed by atoms with Crippen molar-refractivity contribution >= 4 is 11.6 Å². The first-order valence-electron chi connectivity index (χ1n) is 5.86. The van der Waals surface area contributed by atoms with Crippen LogP contribution in [0.2, 0.25) is 5.02 Å². The monoisotopic (exact) mass is 267 g/mol. The zero-order valence-electron chi connectivity index (χ0n) is 10.8. The van der Waals surface area contributed by atoms with Crippen LogP contribution in [0.4, 0.5) is 0 Å². The molecular weight excluding hydrogens is 250 g/mol. The van der Waals surface area contributed by atoms with Crippen molar-refractivity contribution in [3.8, 4) is 23.8 Å². The van der Waals surface area contributed by atoms with E-state index in [-0.39, 0.29) is 0 Å². The summed E-state index contributed by atoms with van der Waals surface area (Å²) in [5, 5.41) is 3.66. The Hall–Kier alpha value is -1.37. The maximum atomic E-state index is 6.19. The molecule has 0 fully saturated rings. The van der Waals surface area contributed by atoms with Crippen molar-refractivity contribution in [3.63, 3.8) is 0 Å². The van der Waals surface area contributed by atoms with Gasteiger partial charge < -0.3 is 14.8 Å². The van der Waals surface area contributed by atoms with Gasteiger partial charge in [-0.1, -0.05) is 24.4 Å². The lowest BCUT2D eigenvalue weighted by molar-refractivity contribution is 0.294. The minimum Gasteiger partial charge on any atom is -0.493 e. The highest BCUT2D eigenvalue weighted by molar-refractivity contribution is 6.32. The highest BCUT2D eigenvalue weighted by Gasteiger charge is 2.11. The van der Waals surface area contributed by atoms with Gasteiger partial charge in [-0.3, -0.25) is 0 Å². The Morgan fingerprint density at radius 1 is 1.44 bits per heavy atom. The summed E-state index contributed by atoms with van der Waals surface area (Å²) in [7, 11) is 1.60. The summed E-state index contributed by atoms with van der Waals surface area (Å²) >= 11 is 6.19. The Balaban J connectivity index is 2.85. The second-order valence-electron chi connectivity index (χ2n) is 3.77. The number of terminal acetylenes is 1. The van der Waals surface area contributed by atoms with Crippen LogP contribution >= 0.6 is 11.6 Å². The number of methoxy groups -OCH3 is 1. The Kier molecular flexibility index (Phi) is 6.42. The summed E-state index contributed by atoms with van der Waals surface area (Å²) in [6, 6.07) is 3.76. The van der Waals surface area contributed by atoms with Crippen LogP contribution < -0.4 is 14.8 Å². The van der Waals surface area contributed by atoms with Gasteiger partial charge in [-0.05, 0) is 24.1 Å². The summed E-state index contributed by atoms with van der Waals surface area (Å²) in [6.07, 6.45) is 6.10. The number of hydrogen-bond donors (Lipinski definition) is 1. The van der Waals surface area contributed by atoms with Crippen molar-refractivity contribution in [2.45, 2.75) is 19.9 Å². The van der Waals surface area contributed by atoms with Gasteiger partial charge in [0.1, 0.15) is 0 Å². The van der Waals surface area contributed by atoms with Crippen molar-refractivity contribution in [3.05, 3.63) is 22.7 Å². The number of nitrogens with one attached hydrogen (secondary N) is 1. The molecule has 0 aliphatic heterocycles. The van der Waals surface area contributed by atoms with E-state index in [2.05, 4.69) is 11.2 Å². The van der Waals surface area contributed by atoms with E-state index in [1.165, 1.54) is 0 Å². The normalized spacial score (nSPS) is 9.89. The van der Waals surface area contributed by atoms with Crippen molar-refractivity contribution in [1.82, 2.24) is 5.32 Å². The molecule has 0 aliphatic rings. The molecule has 0 bridgehead atoms. The zero-order valence-corrected chi connectivity index (χ0v) is 11.5. The standard InChI is InChI=1S/C14H18ClNO2/c1-4-6-16-10-11-8-12(15)14(18-7-5-2)13(9-11)17-3/h1,8-9,16H,5-7,10H2,2-3H3. The first-order valence-corrected chi connectivity index (χ1v) is 6.24. The molecule has 0 heterocycles. The van der Waals surface area contributed by atoms with E-state index in [0.717, 1.165) is 12.0 Å². The van der Waals surface area contributed by atoms with Crippen LogP contribution in [0.15, 0.2) is 12.1 Å². The van der Waals surface area contributed by atoms with E-state index in [0.29, 0.717) is 36.2 Å². The number of rotatable bonds is 7. The maximum Gasteiger partial charge on any atom is 0.179 e. The first-order chi connectivity index (χ1) is 8.72. The van der Waals surface area contributed by atoms with E-state index in [4.69, 9.17) is 27.5 Å². The molecule has 0 spiro atoms. The molecule has 0 saturated heterocycles. The summed E-state index contributed by atoms with van der Waals surface area (Å²) < 4.78 is 10.9. The molecule has 0 aliphatic carbocycles. The van der Waals surface area contributed by atoms with Crippen LogP contribution in [0.3, 0.4) is 0 Å². The second-order valence-corrected chi connectivity index (χ2v) is 4.17. The van der Waals surface area contributed by atoms with Crippen LogP contribution in [-0.2, 0) is 6.54 Å². The minimum absolute atomic E-state index is 0.522. The average molecular weight is 268 g/mol. The van der Waals surface area contributed by atoms with E-state index >= 15 is 0 Å². The van der Waals surface area contributed by atoms with Crippen molar-refractivity contribution in [2.75, 3.05) is 20.3 Å². The smallest absolute Gasteiger partial charge is 0.179 e. The van der Waals surface area contributed by atoms with E-state index in [1.54, 1.807) is 7.11 Å². The molecule has 1 N–H and O–H groups in total. The Bertz CT molecular complexity index is 427. The number of hydrogen-bond acceptors (Lipinski definition) is 3. The molecule has 18 heavy (non-hydrogen) atoms. The van der Waals surface area contributed by atoms with Crippen molar-refractivity contribution in [2.24, 2.45) is 0 Å². The van der Waals surface area contributed by atoms with Gasteiger partial charge in [-0.15, -0.1) is 6.42 Å². The molecule has 0 radical (unpaired) electrons. The fraction of sp³-hybridized carbons (Fsp3) is 0.429. The lowest BCUT2D eigenvalue weighted by Crippen LogP contribution is -2.13. The van der Waals surface area contributed by atoms with Gasteiger partial charge in [-0.25, -0.2) is 0 Å². The average Bonchev–Trinajstić information content (AvgIpc) is 2.37. The molecule has 98 valence electrons. The summed E-state index contributed by atoms with van der Waals surface area (Å²) in [5.41, 5.74) is 1.01. The topological polar surface area (TPSA) is 30.5 Å². The fourth-order valence-electron chi connectivity index (χ4n) is 1.50. The maximum absolute atomic E-state index is 6.19. The van der Waals surface area contributed by atoms with Gasteiger partial charge in [0.05, 0.1) is 25.3 Å². The van der Waals surface area contributed by atoms with E-state index in [1.807, 2.05) is 19.1 Å². The van der Waals surface area contributed by atoms with Gasteiger partial charge in [-0.2, -0.15) is 0 Å². The van der Waals surface area contributed by atoms with Crippen molar-refractivity contribution in [1.29, 1.82) is 0 Å². The van der Waals surface area contributed by atoms with Crippen molar-refractivity contribution < 1.29 is 9.47 Å². The molecule has 1 aromatic carbocycles. The number of halogens is 1. The van der Waals surface area contributed by atoms with Crippen LogP contribution in [-0.4, -0.2) is 20.3 Å². The lowest BCUT2D eigenvalue weighted by Gasteiger charge is -2.13. The lowest BCUT2D eigenvalue weighted by atomic mass is 10.2. The predicted molar refractivity (Wildman–Crippen MR) is 74.3 cm³/mol. The molecule has 4 heteroatoms. The Labute approximate surface area is 113 Å². The summed E-state index contributed by atoms with van der Waals surface area (Å²) in [6.45, 7) is 3.83. The molecule has 3 nitrogen and oxygen atoms in total. The Morgan fingerprint density at radius 2 is 2.22 bits per heavy atom. The van der Waals surface area contributed by atoms with Gasteiger partial charge in [0.25, 0.3) is 0 Å². The third kappa shape index (κ3) is 4.14. The highest BCUT2D eigenvalue weighted by atomic mass is 35.5. The molecule has 0 saturated carbocycles. The fourth-order valence-corrected chi connectivity index (χ4v) is 1.79. The van der Waals surface area contributed by atoms with Crippen LogP contribution in [0, 0.1) is 12.3 Å². The third-order valence-electron chi connectivity index (χ3n) is 2.30. The molecule has 1 rings (SSSR count). The number of benzene rings is 1. The van der Waals surface area contributed by atoms with E-state index < -0.39 is 0 Å². The second kappa shape index (κ2) is 7.86. The predicted octanol–water partition coefficient (Wildman–Crippen LogP) is 2.86. The molecule has 0 atom stereocenters. The molecule has 0 amide bonds. The first kappa shape index (κ1) is 14.7. The summed E-state index contributed by atoms with van der Waals surface area (Å²) in [4.78, 5) is 0. The van der Waals surface area contributed by atoms with Crippen LogP contribution in [0.1, 0.15) is 18.9 Å². The Morgan fingerprint density at radius 3 is 2.83 bits per heavy atom. The van der Waals surface area contributed by atoms with Gasteiger partial charge in [0.2, 0.25) is 0 Å². The van der Waals surface area contributed by atoms with Crippen LogP contribution in [0.5, 0.6) is 11.5 Å². The van der Waals surface area contributed by atoms with Gasteiger partial charge in [0, 0.05) is 6.54 Å². The van der Waals surface area contributed by atoms with Gasteiger partial charge >= 0.3 is 0 Å². The third-order valence-corrected chi connectivity index (χ3v) is 2.58. The largest absolute Gasteiger partial charge is 0.493 e. The van der Waals surface area contributed by atoms with Crippen LogP contribution in [0.25, 0.3) is 0 Å². The highest BCUT2D eigenvalue weighted by Crippen LogP contribution is 2.36. The molecular formula is C14H18ClNO2. The molecule has 0 unspecified atom stereocenters.